The monoisotopic (exact) mass is 698 g/mol. The van der Waals surface area contributed by atoms with Crippen LogP contribution in [0.5, 0.6) is 11.5 Å². The lowest BCUT2D eigenvalue weighted by Crippen LogP contribution is -2.47. The van der Waals surface area contributed by atoms with Gasteiger partial charge in [0.1, 0.15) is 34.3 Å². The largest absolute Gasteiger partial charge is 0.478 e. The third-order valence-corrected chi connectivity index (χ3v) is 10.9. The first-order valence-corrected chi connectivity index (χ1v) is 17.7. The second kappa shape index (κ2) is 13.6. The number of hydrogen-bond donors (Lipinski definition) is 3. The van der Waals surface area contributed by atoms with Crippen molar-refractivity contribution in [2.24, 2.45) is 5.41 Å². The molecule has 0 unspecified atom stereocenters. The molecule has 0 amide bonds. The van der Waals surface area contributed by atoms with Gasteiger partial charge in [0.05, 0.1) is 17.9 Å². The van der Waals surface area contributed by atoms with Crippen molar-refractivity contribution in [2.45, 2.75) is 46.1 Å². The number of H-pyrrole nitrogens is 1. The van der Waals surface area contributed by atoms with Crippen LogP contribution in [0.25, 0.3) is 27.7 Å². The van der Waals surface area contributed by atoms with Crippen LogP contribution >= 0.6 is 11.3 Å². The van der Waals surface area contributed by atoms with Crippen LogP contribution in [-0.4, -0.2) is 63.8 Å². The topological polar surface area (TPSA) is 102 Å². The summed E-state index contributed by atoms with van der Waals surface area (Å²) in [5, 5.41) is 22.4. The highest BCUT2D eigenvalue weighted by Crippen LogP contribution is 2.46. The predicted molar refractivity (Wildman–Crippen MR) is 193 cm³/mol. The molecule has 1 atom stereocenters. The Morgan fingerprint density at radius 2 is 1.84 bits per heavy atom. The number of hydrogen-bond acceptors (Lipinski definition) is 7. The van der Waals surface area contributed by atoms with Gasteiger partial charge in [0.2, 0.25) is 0 Å². The van der Waals surface area contributed by atoms with E-state index in [0.29, 0.717) is 11.3 Å². The first-order valence-electron chi connectivity index (χ1n) is 16.9. The summed E-state index contributed by atoms with van der Waals surface area (Å²) >= 11 is 1.52. The van der Waals surface area contributed by atoms with Crippen molar-refractivity contribution < 1.29 is 28.5 Å². The molecule has 1 saturated heterocycles. The van der Waals surface area contributed by atoms with Gasteiger partial charge in [0, 0.05) is 60.9 Å². The lowest BCUT2D eigenvalue weighted by molar-refractivity contribution is 0.0694. The van der Waals surface area contributed by atoms with Crippen LogP contribution < -0.4 is 9.64 Å². The van der Waals surface area contributed by atoms with E-state index in [4.69, 9.17) is 4.74 Å². The molecule has 0 spiro atoms. The van der Waals surface area contributed by atoms with Gasteiger partial charge in [-0.05, 0) is 96.1 Å². The summed E-state index contributed by atoms with van der Waals surface area (Å²) < 4.78 is 36.2. The highest BCUT2D eigenvalue weighted by molar-refractivity contribution is 7.11. The number of carboxylic acid groups (broad SMARTS) is 1. The molecule has 7 rings (SSSR count). The Balaban J connectivity index is 1.08. The summed E-state index contributed by atoms with van der Waals surface area (Å²) in [6.07, 6.45) is 5.33. The van der Waals surface area contributed by atoms with Crippen molar-refractivity contribution >= 4 is 39.6 Å². The fraction of sp³-hybridized carbons (Fsp3) is 0.333. The Bertz CT molecular complexity index is 2070. The van der Waals surface area contributed by atoms with E-state index in [0.717, 1.165) is 73.6 Å². The molecule has 1 aliphatic heterocycles. The molecule has 0 radical (unpaired) electrons. The van der Waals surface area contributed by atoms with E-state index < -0.39 is 23.7 Å². The van der Waals surface area contributed by atoms with Crippen LogP contribution in [0.1, 0.15) is 66.9 Å². The molecule has 50 heavy (non-hydrogen) atoms. The number of halogens is 2. The lowest BCUT2D eigenvalue weighted by Gasteiger charge is -2.39. The normalized spacial score (nSPS) is 17.4. The first-order chi connectivity index (χ1) is 23.9. The molecular weight excluding hydrogens is 659 g/mol. The van der Waals surface area contributed by atoms with Crippen LogP contribution in [0.3, 0.4) is 0 Å². The Hall–Kier alpha value is -4.58. The molecule has 1 fully saturated rings. The number of nitrogens with zero attached hydrogens (tertiary/aromatic N) is 3. The zero-order valence-electron chi connectivity index (χ0n) is 28.3. The number of ether oxygens (including phenoxy) is 1. The van der Waals surface area contributed by atoms with Crippen molar-refractivity contribution in [1.29, 1.82) is 0 Å². The number of anilines is 1. The summed E-state index contributed by atoms with van der Waals surface area (Å²) in [5.41, 5.74) is 5.12. The van der Waals surface area contributed by atoms with Crippen molar-refractivity contribution in [1.82, 2.24) is 14.9 Å². The summed E-state index contributed by atoms with van der Waals surface area (Å²) in [6, 6.07) is 13.3. The van der Waals surface area contributed by atoms with Gasteiger partial charge in [-0.2, -0.15) is 0 Å². The number of thiophene rings is 1. The SMILES string of the molecule is C[C@@H](O)c1cc(F)c(-c2csc(C3=C(CN4CCN(c5ccc(C(=O)O)c(Oc6cnc7[nH]ccc7c6)c5)CC4)CCC(C)(C)C3)c2)c(F)c1. The van der Waals surface area contributed by atoms with E-state index in [1.165, 1.54) is 41.5 Å². The number of aliphatic hydroxyl groups is 1. The van der Waals surface area contributed by atoms with Gasteiger partial charge in [-0.3, -0.25) is 4.90 Å². The van der Waals surface area contributed by atoms with Gasteiger partial charge in [-0.25, -0.2) is 18.6 Å². The van der Waals surface area contributed by atoms with Gasteiger partial charge < -0.3 is 24.8 Å². The van der Waals surface area contributed by atoms with Crippen molar-refractivity contribution in [3.05, 3.63) is 99.5 Å². The minimum atomic E-state index is -1.06. The summed E-state index contributed by atoms with van der Waals surface area (Å²) in [7, 11) is 0. The molecule has 5 aromatic rings. The summed E-state index contributed by atoms with van der Waals surface area (Å²) in [6.45, 7) is 10.0. The smallest absolute Gasteiger partial charge is 0.339 e. The van der Waals surface area contributed by atoms with Gasteiger partial charge in [-0.15, -0.1) is 11.3 Å². The molecule has 11 heteroatoms. The third-order valence-electron chi connectivity index (χ3n) is 9.87. The van der Waals surface area contributed by atoms with E-state index >= 15 is 8.78 Å². The molecule has 0 saturated carbocycles. The second-order valence-corrected chi connectivity index (χ2v) is 15.0. The number of allylic oxidation sites excluding steroid dienone is 1. The third kappa shape index (κ3) is 7.03. The average molecular weight is 699 g/mol. The maximum atomic E-state index is 15.1. The molecule has 260 valence electrons. The fourth-order valence-electron chi connectivity index (χ4n) is 7.01. The fourth-order valence-corrected chi connectivity index (χ4v) is 8.00. The van der Waals surface area contributed by atoms with E-state index in [1.54, 1.807) is 24.5 Å². The van der Waals surface area contributed by atoms with Crippen molar-refractivity contribution in [3.63, 3.8) is 0 Å². The first kappa shape index (κ1) is 33.9. The van der Waals surface area contributed by atoms with Gasteiger partial charge in [0.25, 0.3) is 0 Å². The number of aromatic nitrogens is 2. The van der Waals surface area contributed by atoms with Gasteiger partial charge in [-0.1, -0.05) is 19.4 Å². The van der Waals surface area contributed by atoms with E-state index in [9.17, 15) is 15.0 Å². The minimum Gasteiger partial charge on any atom is -0.478 e. The number of pyridine rings is 1. The lowest BCUT2D eigenvalue weighted by atomic mass is 9.73. The summed E-state index contributed by atoms with van der Waals surface area (Å²) in [5.74, 6) is -1.68. The minimum absolute atomic E-state index is 0.0615. The van der Waals surface area contributed by atoms with Crippen LogP contribution in [-0.2, 0) is 0 Å². The highest BCUT2D eigenvalue weighted by atomic mass is 32.1. The molecule has 2 aromatic carbocycles. The van der Waals surface area contributed by atoms with Crippen LogP contribution in [0, 0.1) is 17.0 Å². The molecular formula is C39H40F2N4O4S. The standard InChI is InChI=1S/C39H40F2N4O4S/c1-23(46)26-15-32(40)36(33(41)16-26)27-17-35(50-22-27)31-19-39(2,3)8-6-25(31)21-44-10-12-45(13-11-44)28-4-5-30(38(47)48)34(18-28)49-29-14-24-7-9-42-37(24)43-20-29/h4-5,7,9,14-18,20,22-23,46H,6,8,10-13,19,21H2,1-3H3,(H,42,43)(H,47,48)/t23-/m1/s1. The van der Waals surface area contributed by atoms with Crippen molar-refractivity contribution in [2.75, 3.05) is 37.6 Å². The second-order valence-electron chi connectivity index (χ2n) is 14.1. The van der Waals surface area contributed by atoms with Crippen LogP contribution in [0.4, 0.5) is 14.5 Å². The highest BCUT2D eigenvalue weighted by Gasteiger charge is 2.30. The van der Waals surface area contributed by atoms with E-state index in [2.05, 4.69) is 33.6 Å². The molecule has 8 nitrogen and oxygen atoms in total. The zero-order valence-corrected chi connectivity index (χ0v) is 29.1. The summed E-state index contributed by atoms with van der Waals surface area (Å²) in [4.78, 5) is 25.2. The Kier molecular flexibility index (Phi) is 9.23. The molecule has 4 heterocycles. The molecule has 3 N–H and O–H groups in total. The average Bonchev–Trinajstić information content (AvgIpc) is 3.75. The van der Waals surface area contributed by atoms with Crippen LogP contribution in [0.15, 0.2) is 71.9 Å². The Morgan fingerprint density at radius 3 is 2.56 bits per heavy atom. The molecule has 1 aliphatic carbocycles. The molecule has 2 aliphatic rings. The number of aromatic amines is 1. The van der Waals surface area contributed by atoms with Gasteiger partial charge in [0.15, 0.2) is 0 Å². The molecule has 3 aromatic heterocycles. The maximum absolute atomic E-state index is 15.1. The van der Waals surface area contributed by atoms with Crippen LogP contribution in [0.2, 0.25) is 0 Å². The number of aromatic carboxylic acids is 1. The predicted octanol–water partition coefficient (Wildman–Crippen LogP) is 8.90. The number of aliphatic hydroxyl groups excluding tert-OH is 1. The van der Waals surface area contributed by atoms with E-state index in [-0.39, 0.29) is 27.9 Å². The maximum Gasteiger partial charge on any atom is 0.339 e. The zero-order chi connectivity index (χ0) is 35.2. The van der Waals surface area contributed by atoms with Crippen molar-refractivity contribution in [3.8, 4) is 22.6 Å². The molecule has 0 bridgehead atoms. The van der Waals surface area contributed by atoms with E-state index in [1.807, 2.05) is 29.6 Å². The number of carbonyl (C=O) groups is 1. The Labute approximate surface area is 293 Å². The number of benzene rings is 2. The quantitative estimate of drug-likeness (QED) is 0.141. The number of fused-ring (bicyclic) bond motifs is 1. The number of piperazine rings is 1. The number of carboxylic acids is 1. The number of rotatable bonds is 9. The van der Waals surface area contributed by atoms with Gasteiger partial charge >= 0.3 is 5.97 Å². The Morgan fingerprint density at radius 1 is 1.08 bits per heavy atom. The number of nitrogens with one attached hydrogen (secondary N) is 1.